The Balaban J connectivity index is 2.10. The lowest BCUT2D eigenvalue weighted by Crippen LogP contribution is -2.52. The fourth-order valence-corrected chi connectivity index (χ4v) is 4.37. The molecule has 0 spiro atoms. The summed E-state index contributed by atoms with van der Waals surface area (Å²) in [6, 6.07) is 6.35. The average molecular weight is 298 g/mol. The first-order chi connectivity index (χ1) is 10.4. The fourth-order valence-electron chi connectivity index (χ4n) is 4.37. The molecule has 1 fully saturated rings. The molecule has 4 rings (SSSR count). The van der Waals surface area contributed by atoms with Crippen molar-refractivity contribution in [3.05, 3.63) is 35.0 Å². The molecule has 2 atom stereocenters. The molecular formula is C18H22N2O2. The summed E-state index contributed by atoms with van der Waals surface area (Å²) in [5.74, 6) is 0. The first-order valence-electron chi connectivity index (χ1n) is 8.03. The van der Waals surface area contributed by atoms with Gasteiger partial charge >= 0.3 is 6.09 Å². The van der Waals surface area contributed by atoms with Gasteiger partial charge in [0.1, 0.15) is 11.1 Å². The third kappa shape index (κ3) is 1.36. The molecular weight excluding hydrogens is 276 g/mol. The number of carbonyl (C=O) groups is 1. The number of H-pyrrole nitrogens is 1. The molecule has 3 heterocycles. The van der Waals surface area contributed by atoms with Gasteiger partial charge in [0, 0.05) is 23.1 Å². The summed E-state index contributed by atoms with van der Waals surface area (Å²) in [6.45, 7) is 9.14. The van der Waals surface area contributed by atoms with Gasteiger partial charge in [0.05, 0.1) is 0 Å². The number of rotatable bonds is 1. The van der Waals surface area contributed by atoms with Gasteiger partial charge < -0.3 is 9.72 Å². The lowest BCUT2D eigenvalue weighted by atomic mass is 9.74. The molecule has 4 heteroatoms. The van der Waals surface area contributed by atoms with Crippen molar-refractivity contribution < 1.29 is 9.53 Å². The SMILES string of the molecule is CC[C@@]1(C)OC(=O)N2CCc3c(C)[nH]c4cccc(c34)[C@]21C. The van der Waals surface area contributed by atoms with E-state index >= 15 is 0 Å². The van der Waals surface area contributed by atoms with Gasteiger partial charge in [-0.05, 0) is 50.8 Å². The van der Waals surface area contributed by atoms with E-state index in [1.54, 1.807) is 0 Å². The molecule has 0 radical (unpaired) electrons. The summed E-state index contributed by atoms with van der Waals surface area (Å²) in [5.41, 5.74) is 3.97. The lowest BCUT2D eigenvalue weighted by molar-refractivity contribution is 0.00345. The van der Waals surface area contributed by atoms with Crippen LogP contribution in [0, 0.1) is 6.92 Å². The van der Waals surface area contributed by atoms with Gasteiger partial charge in [-0.25, -0.2) is 4.79 Å². The van der Waals surface area contributed by atoms with Gasteiger partial charge in [-0.2, -0.15) is 0 Å². The first-order valence-corrected chi connectivity index (χ1v) is 8.03. The zero-order chi connectivity index (χ0) is 15.7. The highest BCUT2D eigenvalue weighted by atomic mass is 16.6. The zero-order valence-electron chi connectivity index (χ0n) is 13.6. The van der Waals surface area contributed by atoms with E-state index in [-0.39, 0.29) is 6.09 Å². The third-order valence-electron chi connectivity index (χ3n) is 6.03. The number of cyclic esters (lactones) is 1. The van der Waals surface area contributed by atoms with Crippen LogP contribution in [0.4, 0.5) is 4.79 Å². The molecule has 2 aliphatic heterocycles. The summed E-state index contributed by atoms with van der Waals surface area (Å²) >= 11 is 0. The van der Waals surface area contributed by atoms with Crippen LogP contribution in [0.1, 0.15) is 44.0 Å². The molecule has 1 aromatic carbocycles. The van der Waals surface area contributed by atoms with Crippen LogP contribution in [0.5, 0.6) is 0 Å². The Kier molecular flexibility index (Phi) is 2.52. The standard InChI is InChI=1S/C18H22N2O2/c1-5-17(3)18(4)13-7-6-8-14-15(13)12(11(2)19-14)9-10-20(18)16(21)22-17/h6-8,19H,5,9-10H2,1-4H3/t17-,18+/m1/s1. The number of nitrogens with zero attached hydrogens (tertiary/aromatic N) is 1. The molecule has 22 heavy (non-hydrogen) atoms. The van der Waals surface area contributed by atoms with Crippen molar-refractivity contribution >= 4 is 17.0 Å². The quantitative estimate of drug-likeness (QED) is 0.868. The number of fused-ring (bicyclic) bond motifs is 2. The Labute approximate surface area is 130 Å². The van der Waals surface area contributed by atoms with E-state index in [0.717, 1.165) is 18.4 Å². The van der Waals surface area contributed by atoms with E-state index in [0.29, 0.717) is 6.54 Å². The smallest absolute Gasteiger partial charge is 0.411 e. The van der Waals surface area contributed by atoms with Crippen LogP contribution in [-0.4, -0.2) is 28.1 Å². The Morgan fingerprint density at radius 1 is 1.36 bits per heavy atom. The van der Waals surface area contributed by atoms with E-state index in [4.69, 9.17) is 4.74 Å². The molecule has 4 nitrogen and oxygen atoms in total. The molecule has 1 saturated heterocycles. The highest BCUT2D eigenvalue weighted by molar-refractivity contribution is 5.91. The summed E-state index contributed by atoms with van der Waals surface area (Å²) in [6.07, 6.45) is 1.48. The maximum absolute atomic E-state index is 12.5. The number of carbonyl (C=O) groups excluding carboxylic acids is 1. The maximum Gasteiger partial charge on any atom is 0.411 e. The van der Waals surface area contributed by atoms with E-state index in [1.807, 2.05) is 4.90 Å². The van der Waals surface area contributed by atoms with E-state index < -0.39 is 11.1 Å². The van der Waals surface area contributed by atoms with E-state index in [2.05, 4.69) is 50.9 Å². The molecule has 2 aromatic rings. The van der Waals surface area contributed by atoms with Crippen molar-refractivity contribution in [3.63, 3.8) is 0 Å². The molecule has 0 aliphatic carbocycles. The minimum atomic E-state index is -0.509. The van der Waals surface area contributed by atoms with Crippen LogP contribution >= 0.6 is 0 Å². The Morgan fingerprint density at radius 3 is 2.86 bits per heavy atom. The van der Waals surface area contributed by atoms with Crippen LogP contribution in [0.3, 0.4) is 0 Å². The molecule has 2 aliphatic rings. The Bertz CT molecular complexity index is 794. The van der Waals surface area contributed by atoms with Crippen LogP contribution in [0.2, 0.25) is 0 Å². The average Bonchev–Trinajstić information content (AvgIpc) is 2.84. The fraction of sp³-hybridized carbons (Fsp3) is 0.500. The number of benzene rings is 1. The zero-order valence-corrected chi connectivity index (χ0v) is 13.6. The molecule has 1 amide bonds. The molecule has 1 aromatic heterocycles. The third-order valence-corrected chi connectivity index (χ3v) is 6.03. The van der Waals surface area contributed by atoms with Gasteiger partial charge in [0.25, 0.3) is 0 Å². The van der Waals surface area contributed by atoms with Gasteiger partial charge in [-0.3, -0.25) is 4.90 Å². The van der Waals surface area contributed by atoms with Gasteiger partial charge in [-0.1, -0.05) is 19.1 Å². The summed E-state index contributed by atoms with van der Waals surface area (Å²) in [7, 11) is 0. The topological polar surface area (TPSA) is 45.3 Å². The van der Waals surface area contributed by atoms with E-state index in [9.17, 15) is 4.79 Å². The van der Waals surface area contributed by atoms with Crippen molar-refractivity contribution in [3.8, 4) is 0 Å². The van der Waals surface area contributed by atoms with E-state index in [1.165, 1.54) is 22.2 Å². The number of hydrogen-bond acceptors (Lipinski definition) is 2. The molecule has 0 unspecified atom stereocenters. The van der Waals surface area contributed by atoms with Crippen LogP contribution in [-0.2, 0) is 16.7 Å². The predicted octanol–water partition coefficient (Wildman–Crippen LogP) is 3.87. The second-order valence-electron chi connectivity index (χ2n) is 6.88. The number of hydrogen-bond donors (Lipinski definition) is 1. The summed E-state index contributed by atoms with van der Waals surface area (Å²) in [4.78, 5) is 17.9. The molecule has 1 N–H and O–H groups in total. The Hall–Kier alpha value is -1.97. The number of amides is 1. The molecule has 0 bridgehead atoms. The minimum absolute atomic E-state index is 0.185. The number of aromatic nitrogens is 1. The number of ether oxygens (including phenoxy) is 1. The van der Waals surface area contributed by atoms with Crippen molar-refractivity contribution in [1.82, 2.24) is 9.88 Å². The minimum Gasteiger partial charge on any atom is -0.440 e. The second-order valence-corrected chi connectivity index (χ2v) is 6.88. The predicted molar refractivity (Wildman–Crippen MR) is 86.0 cm³/mol. The van der Waals surface area contributed by atoms with Crippen LogP contribution < -0.4 is 0 Å². The highest BCUT2D eigenvalue weighted by Gasteiger charge is 2.60. The normalized spacial score (nSPS) is 30.4. The summed E-state index contributed by atoms with van der Waals surface area (Å²) < 4.78 is 5.83. The maximum atomic E-state index is 12.5. The first kappa shape index (κ1) is 13.7. The number of nitrogens with one attached hydrogen (secondary N) is 1. The largest absolute Gasteiger partial charge is 0.440 e. The van der Waals surface area contributed by atoms with Crippen molar-refractivity contribution in [2.75, 3.05) is 6.54 Å². The molecule has 116 valence electrons. The van der Waals surface area contributed by atoms with Gasteiger partial charge in [0.15, 0.2) is 0 Å². The number of aromatic amines is 1. The van der Waals surface area contributed by atoms with Crippen LogP contribution in [0.15, 0.2) is 18.2 Å². The monoisotopic (exact) mass is 298 g/mol. The summed E-state index contributed by atoms with van der Waals surface area (Å²) in [5, 5.41) is 1.28. The number of aryl methyl sites for hydroxylation is 1. The Morgan fingerprint density at radius 2 is 2.14 bits per heavy atom. The van der Waals surface area contributed by atoms with Crippen molar-refractivity contribution in [2.24, 2.45) is 0 Å². The highest BCUT2D eigenvalue weighted by Crippen LogP contribution is 2.52. The lowest BCUT2D eigenvalue weighted by Gasteiger charge is -2.41. The van der Waals surface area contributed by atoms with Crippen LogP contribution in [0.25, 0.3) is 10.9 Å². The second kappa shape index (κ2) is 4.06. The van der Waals surface area contributed by atoms with Crippen molar-refractivity contribution in [1.29, 1.82) is 0 Å². The van der Waals surface area contributed by atoms with Gasteiger partial charge in [-0.15, -0.1) is 0 Å². The molecule has 0 saturated carbocycles. The van der Waals surface area contributed by atoms with Gasteiger partial charge in [0.2, 0.25) is 0 Å². The van der Waals surface area contributed by atoms with Crippen molar-refractivity contribution in [2.45, 2.75) is 51.7 Å².